The fraction of sp³-hybridized carbons (Fsp3) is 0. The third kappa shape index (κ3) is 1.09. The molecular formula is C4H2N2. The molecule has 0 heterocycles. The topological polar surface area (TPSA) is 28.1 Å². The van der Waals surface area contributed by atoms with Crippen molar-refractivity contribution in [2.45, 2.75) is 0 Å². The standard InChI is InChI=1S/C4H2N2/c1-4(3-5)6-2/h1H2. The zero-order valence-electron chi connectivity index (χ0n) is 3.10. The first-order chi connectivity index (χ1) is 2.81. The van der Waals surface area contributed by atoms with Gasteiger partial charge in [0.2, 0.25) is 0 Å². The van der Waals surface area contributed by atoms with Gasteiger partial charge in [0.15, 0.2) is 0 Å². The molecule has 2 nitrogen and oxygen atoms in total. The molecule has 0 radical (unpaired) electrons. The third-order valence-corrected chi connectivity index (χ3v) is 0.264. The minimum absolute atomic E-state index is 0.0602. The molecular weight excluding hydrogens is 76.1 g/mol. The van der Waals surface area contributed by atoms with Crippen LogP contribution in [0.1, 0.15) is 0 Å². The zero-order valence-corrected chi connectivity index (χ0v) is 3.10. The van der Waals surface area contributed by atoms with E-state index in [9.17, 15) is 0 Å². The van der Waals surface area contributed by atoms with Crippen LogP contribution < -0.4 is 0 Å². The maximum atomic E-state index is 7.77. The molecule has 2 heteroatoms. The molecule has 0 aliphatic rings. The van der Waals surface area contributed by atoms with Crippen LogP contribution in [0.15, 0.2) is 12.3 Å². The lowest BCUT2D eigenvalue weighted by molar-refractivity contribution is 1.51. The first-order valence-electron chi connectivity index (χ1n) is 1.27. The molecule has 0 unspecified atom stereocenters. The maximum Gasteiger partial charge on any atom is 0.254 e. The van der Waals surface area contributed by atoms with Gasteiger partial charge in [0.05, 0.1) is 12.6 Å². The van der Waals surface area contributed by atoms with Crippen LogP contribution in [0, 0.1) is 17.9 Å². The Kier molecular flexibility index (Phi) is 1.56. The molecule has 0 rings (SSSR count). The van der Waals surface area contributed by atoms with Gasteiger partial charge in [0.1, 0.15) is 0 Å². The van der Waals surface area contributed by atoms with E-state index in [2.05, 4.69) is 11.4 Å². The zero-order chi connectivity index (χ0) is 4.99. The van der Waals surface area contributed by atoms with Crippen LogP contribution in [0.4, 0.5) is 0 Å². The summed E-state index contributed by atoms with van der Waals surface area (Å²) in [7, 11) is 0. The highest BCUT2D eigenvalue weighted by atomic mass is 14.6. The van der Waals surface area contributed by atoms with Crippen molar-refractivity contribution in [2.75, 3.05) is 0 Å². The maximum absolute atomic E-state index is 7.77. The van der Waals surface area contributed by atoms with E-state index in [1.807, 2.05) is 0 Å². The Labute approximate surface area is 36.1 Å². The first kappa shape index (κ1) is 4.72. The van der Waals surface area contributed by atoms with Gasteiger partial charge in [-0.2, -0.15) is 0 Å². The molecule has 0 aromatic carbocycles. The van der Waals surface area contributed by atoms with Gasteiger partial charge in [-0.05, 0) is 0 Å². The van der Waals surface area contributed by atoms with Crippen molar-refractivity contribution in [1.82, 2.24) is 0 Å². The van der Waals surface area contributed by atoms with Gasteiger partial charge >= 0.3 is 0 Å². The van der Waals surface area contributed by atoms with Crippen LogP contribution in [0.25, 0.3) is 4.85 Å². The fourth-order valence-corrected chi connectivity index (χ4v) is 0.0250. The Hall–Kier alpha value is -1.28. The van der Waals surface area contributed by atoms with E-state index < -0.39 is 0 Å². The van der Waals surface area contributed by atoms with Crippen LogP contribution in [0.5, 0.6) is 0 Å². The molecule has 6 heavy (non-hydrogen) atoms. The average molecular weight is 78.1 g/mol. The largest absolute Gasteiger partial charge is 0.254 e. The van der Waals surface area contributed by atoms with Gasteiger partial charge in [-0.3, -0.25) is 0 Å². The summed E-state index contributed by atoms with van der Waals surface area (Å²) in [5.41, 5.74) is -0.0602. The molecule has 0 saturated heterocycles. The summed E-state index contributed by atoms with van der Waals surface area (Å²) in [6.45, 7) is 9.19. The van der Waals surface area contributed by atoms with Crippen LogP contribution in [-0.4, -0.2) is 0 Å². The van der Waals surface area contributed by atoms with Crippen molar-refractivity contribution >= 4 is 0 Å². The molecule has 0 amide bonds. The Morgan fingerprint density at radius 1 is 2.00 bits per heavy atom. The SMILES string of the molecule is [C-]#[N+]C(=C)C#N. The predicted octanol–water partition coefficient (Wildman–Crippen LogP) is 0.943. The molecule has 0 spiro atoms. The molecule has 0 bridgehead atoms. The number of nitrogens with zero attached hydrogens (tertiary/aromatic N) is 2. The monoisotopic (exact) mass is 78.0 g/mol. The van der Waals surface area contributed by atoms with Crippen LogP contribution in [0.3, 0.4) is 0 Å². The Morgan fingerprint density at radius 3 is 2.50 bits per heavy atom. The van der Waals surface area contributed by atoms with Crippen LogP contribution >= 0.6 is 0 Å². The first-order valence-corrected chi connectivity index (χ1v) is 1.27. The number of hydrogen-bond donors (Lipinski definition) is 0. The second kappa shape index (κ2) is 1.99. The quantitative estimate of drug-likeness (QED) is 0.313. The summed E-state index contributed by atoms with van der Waals surface area (Å²) in [5.74, 6) is 0. The van der Waals surface area contributed by atoms with Crippen molar-refractivity contribution in [1.29, 1.82) is 5.26 Å². The van der Waals surface area contributed by atoms with E-state index >= 15 is 0 Å². The van der Waals surface area contributed by atoms with Gasteiger partial charge in [0, 0.05) is 0 Å². The molecule has 0 fully saturated rings. The van der Waals surface area contributed by atoms with Crippen LogP contribution in [0.2, 0.25) is 0 Å². The number of hydrogen-bond acceptors (Lipinski definition) is 1. The minimum atomic E-state index is -0.0602. The molecule has 0 N–H and O–H groups in total. The van der Waals surface area contributed by atoms with Gasteiger partial charge in [-0.25, -0.2) is 10.1 Å². The van der Waals surface area contributed by atoms with E-state index in [-0.39, 0.29) is 5.70 Å². The molecule has 28 valence electrons. The summed E-state index contributed by atoms with van der Waals surface area (Å²) >= 11 is 0. The van der Waals surface area contributed by atoms with Gasteiger partial charge in [0.25, 0.3) is 5.70 Å². The average Bonchev–Trinajstić information content (AvgIpc) is 1.65. The van der Waals surface area contributed by atoms with E-state index in [1.165, 1.54) is 0 Å². The normalized spacial score (nSPS) is 5.00. The van der Waals surface area contributed by atoms with E-state index in [0.717, 1.165) is 0 Å². The number of allylic oxidation sites excluding steroid dienone is 1. The summed E-state index contributed by atoms with van der Waals surface area (Å²) in [4.78, 5) is 2.70. The van der Waals surface area contributed by atoms with Gasteiger partial charge < -0.3 is 0 Å². The Balaban J connectivity index is 3.75. The lowest BCUT2D eigenvalue weighted by atomic mass is 10.6. The summed E-state index contributed by atoms with van der Waals surface area (Å²) in [6, 6.07) is 1.57. The summed E-state index contributed by atoms with van der Waals surface area (Å²) in [5, 5.41) is 7.77. The smallest absolute Gasteiger partial charge is 0.227 e. The third-order valence-electron chi connectivity index (χ3n) is 0.264. The highest BCUT2D eigenvalue weighted by Crippen LogP contribution is 1.82. The highest BCUT2D eigenvalue weighted by molar-refractivity contribution is 5.22. The molecule has 0 aliphatic heterocycles. The molecule has 0 saturated carbocycles. The second-order valence-electron chi connectivity index (χ2n) is 0.670. The molecule has 0 aromatic rings. The molecule has 0 aliphatic carbocycles. The molecule has 0 atom stereocenters. The van der Waals surface area contributed by atoms with Crippen molar-refractivity contribution in [3.8, 4) is 6.07 Å². The van der Waals surface area contributed by atoms with Crippen LogP contribution in [-0.2, 0) is 0 Å². The predicted molar refractivity (Wildman–Crippen MR) is 21.4 cm³/mol. The summed E-state index contributed by atoms with van der Waals surface area (Å²) in [6.07, 6.45) is 0. The number of rotatable bonds is 0. The second-order valence-corrected chi connectivity index (χ2v) is 0.670. The fourth-order valence-electron chi connectivity index (χ4n) is 0.0250. The summed E-state index contributed by atoms with van der Waals surface area (Å²) < 4.78 is 0. The number of nitriles is 1. The van der Waals surface area contributed by atoms with E-state index in [1.54, 1.807) is 6.07 Å². The van der Waals surface area contributed by atoms with Crippen molar-refractivity contribution in [3.05, 3.63) is 23.7 Å². The lowest BCUT2D eigenvalue weighted by Crippen LogP contribution is -1.53. The molecule has 0 aromatic heterocycles. The highest BCUT2D eigenvalue weighted by Gasteiger charge is 1.76. The lowest BCUT2D eigenvalue weighted by Gasteiger charge is -1.61. The van der Waals surface area contributed by atoms with Gasteiger partial charge in [-0.1, -0.05) is 6.58 Å². The van der Waals surface area contributed by atoms with E-state index in [0.29, 0.717) is 0 Å². The van der Waals surface area contributed by atoms with E-state index in [4.69, 9.17) is 11.8 Å². The van der Waals surface area contributed by atoms with Crippen molar-refractivity contribution < 1.29 is 0 Å². The Morgan fingerprint density at radius 2 is 2.50 bits per heavy atom. The Bertz CT molecular complexity index is 117. The van der Waals surface area contributed by atoms with Crippen molar-refractivity contribution in [3.63, 3.8) is 0 Å². The minimum Gasteiger partial charge on any atom is -0.227 e. The van der Waals surface area contributed by atoms with Crippen molar-refractivity contribution in [2.24, 2.45) is 0 Å². The van der Waals surface area contributed by atoms with Gasteiger partial charge in [-0.15, -0.1) is 0 Å².